The molecule has 0 bridgehead atoms. The number of nitriles is 1. The molecule has 2 aromatic rings. The van der Waals surface area contributed by atoms with Crippen LogP contribution in [0, 0.1) is 11.3 Å². The molecule has 8 nitrogen and oxygen atoms in total. The standard InChI is InChI=1S/C19H21ClN6O2/c1-12-11-26(19(27)24-15-8-22-18(28-3)23-9-15)13(2)10-25(12)16-5-4-14(7-21)17(20)6-16/h4-6,8-9,12-13H,10-11H2,1-3H3,(H,24,27)/t12-,13+/m0/s1. The summed E-state index contributed by atoms with van der Waals surface area (Å²) in [6.07, 6.45) is 3.01. The number of methoxy groups -OCH3 is 1. The van der Waals surface area contributed by atoms with E-state index in [1.807, 2.05) is 13.0 Å². The fraction of sp³-hybridized carbons (Fsp3) is 0.368. The highest BCUT2D eigenvalue weighted by Crippen LogP contribution is 2.28. The molecule has 2 atom stereocenters. The first kappa shape index (κ1) is 19.7. The largest absolute Gasteiger partial charge is 0.467 e. The molecule has 0 radical (unpaired) electrons. The van der Waals surface area contributed by atoms with Gasteiger partial charge in [0, 0.05) is 30.9 Å². The molecule has 1 aromatic carbocycles. The summed E-state index contributed by atoms with van der Waals surface area (Å²) in [7, 11) is 1.48. The molecule has 28 heavy (non-hydrogen) atoms. The van der Waals surface area contributed by atoms with Gasteiger partial charge in [-0.15, -0.1) is 0 Å². The maximum Gasteiger partial charge on any atom is 0.322 e. The highest BCUT2D eigenvalue weighted by atomic mass is 35.5. The summed E-state index contributed by atoms with van der Waals surface area (Å²) in [4.78, 5) is 24.7. The van der Waals surface area contributed by atoms with E-state index in [2.05, 4.69) is 33.2 Å². The number of hydrogen-bond acceptors (Lipinski definition) is 6. The number of piperazine rings is 1. The predicted octanol–water partition coefficient (Wildman–Crippen LogP) is 3.14. The number of rotatable bonds is 3. The summed E-state index contributed by atoms with van der Waals surface area (Å²) >= 11 is 6.18. The average molecular weight is 401 g/mol. The van der Waals surface area contributed by atoms with Crippen LogP contribution < -0.4 is 15.0 Å². The lowest BCUT2D eigenvalue weighted by atomic mass is 10.1. The van der Waals surface area contributed by atoms with E-state index in [-0.39, 0.29) is 24.1 Å². The second kappa shape index (κ2) is 8.31. The first-order valence-electron chi connectivity index (χ1n) is 8.83. The number of benzene rings is 1. The van der Waals surface area contributed by atoms with Crippen LogP contribution in [0.15, 0.2) is 30.6 Å². The van der Waals surface area contributed by atoms with E-state index in [1.54, 1.807) is 17.0 Å². The average Bonchev–Trinajstić information content (AvgIpc) is 2.69. The molecule has 1 fully saturated rings. The number of anilines is 2. The second-order valence-corrected chi connectivity index (χ2v) is 7.07. The van der Waals surface area contributed by atoms with Crippen molar-refractivity contribution < 1.29 is 9.53 Å². The van der Waals surface area contributed by atoms with Crippen molar-refractivity contribution in [3.05, 3.63) is 41.2 Å². The minimum Gasteiger partial charge on any atom is -0.467 e. The van der Waals surface area contributed by atoms with Crippen LogP contribution in [-0.4, -0.2) is 53.2 Å². The summed E-state index contributed by atoms with van der Waals surface area (Å²) in [5, 5.41) is 12.3. The lowest BCUT2D eigenvalue weighted by molar-refractivity contribution is 0.173. The van der Waals surface area contributed by atoms with Crippen LogP contribution in [0.5, 0.6) is 6.01 Å². The van der Waals surface area contributed by atoms with Gasteiger partial charge in [0.2, 0.25) is 0 Å². The van der Waals surface area contributed by atoms with E-state index in [1.165, 1.54) is 19.5 Å². The van der Waals surface area contributed by atoms with Crippen molar-refractivity contribution in [2.45, 2.75) is 25.9 Å². The molecular formula is C19H21ClN6O2. The number of carbonyl (C=O) groups excluding carboxylic acids is 1. The van der Waals surface area contributed by atoms with E-state index in [9.17, 15) is 4.79 Å². The molecule has 146 valence electrons. The quantitative estimate of drug-likeness (QED) is 0.850. The molecule has 0 aliphatic carbocycles. The minimum atomic E-state index is -0.203. The van der Waals surface area contributed by atoms with E-state index in [0.717, 1.165) is 5.69 Å². The third-order valence-corrected chi connectivity index (χ3v) is 5.03. The van der Waals surface area contributed by atoms with Crippen molar-refractivity contribution in [2.24, 2.45) is 0 Å². The molecule has 1 N–H and O–H groups in total. The Balaban J connectivity index is 1.69. The van der Waals surface area contributed by atoms with Crippen LogP contribution in [0.3, 0.4) is 0 Å². The number of hydrogen-bond donors (Lipinski definition) is 1. The first-order chi connectivity index (χ1) is 13.4. The number of urea groups is 1. The molecule has 1 saturated heterocycles. The van der Waals surface area contributed by atoms with Crippen molar-refractivity contribution in [3.63, 3.8) is 0 Å². The fourth-order valence-electron chi connectivity index (χ4n) is 3.22. The van der Waals surface area contributed by atoms with Crippen molar-refractivity contribution in [1.29, 1.82) is 5.26 Å². The molecule has 3 rings (SSSR count). The van der Waals surface area contributed by atoms with E-state index >= 15 is 0 Å². The monoisotopic (exact) mass is 400 g/mol. The Morgan fingerprint density at radius 2 is 2.00 bits per heavy atom. The first-order valence-corrected chi connectivity index (χ1v) is 9.20. The van der Waals surface area contributed by atoms with Gasteiger partial charge in [0.05, 0.1) is 35.8 Å². The van der Waals surface area contributed by atoms with E-state index in [4.69, 9.17) is 21.6 Å². The minimum absolute atomic E-state index is 0.0233. The zero-order valence-electron chi connectivity index (χ0n) is 15.9. The summed E-state index contributed by atoms with van der Waals surface area (Å²) in [6.45, 7) is 5.24. The maximum absolute atomic E-state index is 12.7. The van der Waals surface area contributed by atoms with Crippen molar-refractivity contribution >= 4 is 29.0 Å². The summed E-state index contributed by atoms with van der Waals surface area (Å²) in [6, 6.07) is 7.57. The Morgan fingerprint density at radius 3 is 2.61 bits per heavy atom. The molecule has 1 aliphatic heterocycles. The summed E-state index contributed by atoms with van der Waals surface area (Å²) in [5.41, 5.74) is 1.89. The lowest BCUT2D eigenvalue weighted by Crippen LogP contribution is -2.59. The molecule has 2 amide bonds. The van der Waals surface area contributed by atoms with E-state index < -0.39 is 0 Å². The van der Waals surface area contributed by atoms with Gasteiger partial charge in [-0.1, -0.05) is 11.6 Å². The Labute approximate surface area is 168 Å². The van der Waals surface area contributed by atoms with Crippen LogP contribution in [-0.2, 0) is 0 Å². The number of halogens is 1. The zero-order chi connectivity index (χ0) is 20.3. The van der Waals surface area contributed by atoms with Gasteiger partial charge < -0.3 is 19.9 Å². The molecule has 0 saturated carbocycles. The highest BCUT2D eigenvalue weighted by molar-refractivity contribution is 6.32. The number of carbonyl (C=O) groups is 1. The fourth-order valence-corrected chi connectivity index (χ4v) is 3.44. The number of amides is 2. The van der Waals surface area contributed by atoms with Crippen LogP contribution >= 0.6 is 11.6 Å². The Kier molecular flexibility index (Phi) is 5.85. The molecule has 2 heterocycles. The number of aromatic nitrogens is 2. The molecular weight excluding hydrogens is 380 g/mol. The third-order valence-electron chi connectivity index (χ3n) is 4.71. The predicted molar refractivity (Wildman–Crippen MR) is 107 cm³/mol. The van der Waals surface area contributed by atoms with Gasteiger partial charge in [-0.05, 0) is 32.0 Å². The van der Waals surface area contributed by atoms with Crippen molar-refractivity contribution in [3.8, 4) is 12.1 Å². The highest BCUT2D eigenvalue weighted by Gasteiger charge is 2.32. The van der Waals surface area contributed by atoms with Crippen LogP contribution in [0.2, 0.25) is 5.02 Å². The molecule has 0 unspecified atom stereocenters. The second-order valence-electron chi connectivity index (χ2n) is 6.67. The SMILES string of the molecule is COc1ncc(NC(=O)N2C[C@H](C)N(c3ccc(C#N)c(Cl)c3)C[C@H]2C)cn1. The molecule has 1 aromatic heterocycles. The number of nitrogens with zero attached hydrogens (tertiary/aromatic N) is 5. The summed E-state index contributed by atoms with van der Waals surface area (Å²) in [5.74, 6) is 0. The molecule has 9 heteroatoms. The molecule has 0 spiro atoms. The van der Waals surface area contributed by atoms with Gasteiger partial charge in [-0.25, -0.2) is 14.8 Å². The normalized spacial score (nSPS) is 19.1. The lowest BCUT2D eigenvalue weighted by Gasteiger charge is -2.45. The molecule has 1 aliphatic rings. The van der Waals surface area contributed by atoms with Gasteiger partial charge >= 0.3 is 12.0 Å². The van der Waals surface area contributed by atoms with Gasteiger partial charge in [0.15, 0.2) is 0 Å². The third kappa shape index (κ3) is 4.10. The zero-order valence-corrected chi connectivity index (χ0v) is 16.6. The van der Waals surface area contributed by atoms with Crippen molar-refractivity contribution in [2.75, 3.05) is 30.4 Å². The van der Waals surface area contributed by atoms with Gasteiger partial charge in [-0.3, -0.25) is 0 Å². The van der Waals surface area contributed by atoms with Crippen LogP contribution in [0.25, 0.3) is 0 Å². The Morgan fingerprint density at radius 1 is 1.29 bits per heavy atom. The number of nitrogens with one attached hydrogen (secondary N) is 1. The van der Waals surface area contributed by atoms with Crippen LogP contribution in [0.4, 0.5) is 16.2 Å². The van der Waals surface area contributed by atoms with Crippen LogP contribution in [0.1, 0.15) is 19.4 Å². The van der Waals surface area contributed by atoms with Gasteiger partial charge in [-0.2, -0.15) is 5.26 Å². The van der Waals surface area contributed by atoms with Gasteiger partial charge in [0.1, 0.15) is 6.07 Å². The number of ether oxygens (including phenoxy) is 1. The Hall–Kier alpha value is -3.05. The van der Waals surface area contributed by atoms with E-state index in [0.29, 0.717) is 29.4 Å². The summed E-state index contributed by atoms with van der Waals surface area (Å²) < 4.78 is 4.92. The smallest absolute Gasteiger partial charge is 0.322 e. The maximum atomic E-state index is 12.7. The van der Waals surface area contributed by atoms with Gasteiger partial charge in [0.25, 0.3) is 0 Å². The van der Waals surface area contributed by atoms with Crippen molar-refractivity contribution in [1.82, 2.24) is 14.9 Å². The topological polar surface area (TPSA) is 94.4 Å². The Bertz CT molecular complexity index is 898.